The van der Waals surface area contributed by atoms with E-state index in [0.29, 0.717) is 30.9 Å². The van der Waals surface area contributed by atoms with Gasteiger partial charge in [-0.2, -0.15) is 0 Å². The van der Waals surface area contributed by atoms with Gasteiger partial charge in [0.25, 0.3) is 0 Å². The first kappa shape index (κ1) is 24.5. The molecule has 0 saturated carbocycles. The van der Waals surface area contributed by atoms with Gasteiger partial charge in [0.2, 0.25) is 0 Å². The van der Waals surface area contributed by atoms with E-state index in [1.165, 1.54) is 16.7 Å². The lowest BCUT2D eigenvalue weighted by molar-refractivity contribution is -0.134. The number of carboxylic acid groups (broad SMARTS) is 2. The Bertz CT molecular complexity index is 1060. The van der Waals surface area contributed by atoms with Crippen LogP contribution in [0.4, 0.5) is 10.1 Å². The third-order valence-electron chi connectivity index (χ3n) is 5.55. The number of ether oxygens (including phenoxy) is 1. The second-order valence-corrected chi connectivity index (χ2v) is 8.14. The normalized spacial score (nSPS) is 14.9. The van der Waals surface area contributed by atoms with Crippen LogP contribution >= 0.6 is 11.6 Å². The van der Waals surface area contributed by atoms with Crippen LogP contribution in [0, 0.1) is 12.7 Å². The SMILES string of the molecule is Cc1c2c(cc3c1N(Cc1cccc(Cl)c1F)CCO3)CCNCC2.O=C(O)/C=C/C(=O)O. The second kappa shape index (κ2) is 11.2. The van der Waals surface area contributed by atoms with Crippen molar-refractivity contribution < 1.29 is 28.9 Å². The lowest BCUT2D eigenvalue weighted by Gasteiger charge is -2.34. The van der Waals surface area contributed by atoms with Gasteiger partial charge in [0.1, 0.15) is 18.2 Å². The van der Waals surface area contributed by atoms with Crippen LogP contribution in [0.2, 0.25) is 5.02 Å². The number of benzene rings is 2. The zero-order valence-corrected chi connectivity index (χ0v) is 19.0. The van der Waals surface area contributed by atoms with E-state index >= 15 is 0 Å². The van der Waals surface area contributed by atoms with Gasteiger partial charge in [-0.05, 0) is 61.7 Å². The standard InChI is InChI=1S/C20H22ClFN2O.C4H4O4/c1-13-16-6-8-23-7-5-14(16)11-18-20(13)24(9-10-25-18)12-15-3-2-4-17(21)19(15)22;5-3(6)1-2-4(7)8/h2-4,11,23H,5-10,12H2,1H3;1-2H,(H,5,6)(H,7,8)/b;2-1+. The van der Waals surface area contributed by atoms with Crippen molar-refractivity contribution in [1.82, 2.24) is 5.32 Å². The molecule has 4 rings (SSSR count). The maximum atomic E-state index is 14.4. The van der Waals surface area contributed by atoms with E-state index in [-0.39, 0.29) is 10.8 Å². The number of fused-ring (bicyclic) bond motifs is 2. The van der Waals surface area contributed by atoms with Crippen LogP contribution in [0.25, 0.3) is 0 Å². The zero-order valence-electron chi connectivity index (χ0n) is 18.2. The van der Waals surface area contributed by atoms with Gasteiger partial charge in [-0.1, -0.05) is 23.7 Å². The molecule has 0 amide bonds. The summed E-state index contributed by atoms with van der Waals surface area (Å²) in [5.41, 5.74) is 5.77. The monoisotopic (exact) mass is 476 g/mol. The molecule has 2 aliphatic rings. The molecule has 0 atom stereocenters. The first-order valence-electron chi connectivity index (χ1n) is 10.6. The molecule has 0 fully saturated rings. The van der Waals surface area contributed by atoms with E-state index in [2.05, 4.69) is 23.2 Å². The summed E-state index contributed by atoms with van der Waals surface area (Å²) in [6, 6.07) is 7.38. The Labute approximate surface area is 196 Å². The molecule has 2 heterocycles. The van der Waals surface area contributed by atoms with Crippen LogP contribution < -0.4 is 15.0 Å². The molecule has 7 nitrogen and oxygen atoms in total. The van der Waals surface area contributed by atoms with E-state index in [1.807, 2.05) is 0 Å². The number of carbonyl (C=O) groups is 2. The van der Waals surface area contributed by atoms with Gasteiger partial charge in [-0.25, -0.2) is 14.0 Å². The van der Waals surface area contributed by atoms with Crippen LogP contribution in [0.5, 0.6) is 5.75 Å². The topological polar surface area (TPSA) is 99.1 Å². The summed E-state index contributed by atoms with van der Waals surface area (Å²) in [6.45, 7) is 6.03. The number of nitrogens with one attached hydrogen (secondary N) is 1. The predicted octanol–water partition coefficient (Wildman–Crippen LogP) is 3.59. The van der Waals surface area contributed by atoms with Crippen molar-refractivity contribution in [2.45, 2.75) is 26.3 Å². The summed E-state index contributed by atoms with van der Waals surface area (Å²) in [6.07, 6.45) is 3.16. The molecule has 9 heteroatoms. The van der Waals surface area contributed by atoms with Crippen molar-refractivity contribution in [2.24, 2.45) is 0 Å². The van der Waals surface area contributed by atoms with Crippen molar-refractivity contribution in [1.29, 1.82) is 0 Å². The lowest BCUT2D eigenvalue weighted by Crippen LogP contribution is -2.33. The maximum absolute atomic E-state index is 14.4. The van der Waals surface area contributed by atoms with Crippen molar-refractivity contribution >= 4 is 29.2 Å². The van der Waals surface area contributed by atoms with Gasteiger partial charge >= 0.3 is 11.9 Å². The number of anilines is 1. The Kier molecular flexibility index (Phi) is 8.30. The summed E-state index contributed by atoms with van der Waals surface area (Å²) in [4.78, 5) is 21.3. The minimum Gasteiger partial charge on any atom is -0.490 e. The summed E-state index contributed by atoms with van der Waals surface area (Å²) >= 11 is 5.95. The van der Waals surface area contributed by atoms with Crippen molar-refractivity contribution in [3.63, 3.8) is 0 Å². The third kappa shape index (κ3) is 6.24. The van der Waals surface area contributed by atoms with Crippen LogP contribution in [0.3, 0.4) is 0 Å². The number of carboxylic acids is 2. The summed E-state index contributed by atoms with van der Waals surface area (Å²) in [5.74, 6) is -1.92. The largest absolute Gasteiger partial charge is 0.490 e. The van der Waals surface area contributed by atoms with Gasteiger partial charge in [-0.3, -0.25) is 0 Å². The number of rotatable bonds is 4. The number of halogens is 2. The molecule has 2 aromatic rings. The molecule has 176 valence electrons. The molecule has 0 saturated heterocycles. The molecule has 0 bridgehead atoms. The molecular formula is C24H26ClFN2O5. The molecule has 0 unspecified atom stereocenters. The molecule has 0 radical (unpaired) electrons. The highest BCUT2D eigenvalue weighted by Crippen LogP contribution is 2.40. The van der Waals surface area contributed by atoms with Gasteiger partial charge in [0.15, 0.2) is 0 Å². The Hall–Kier alpha value is -3.10. The highest BCUT2D eigenvalue weighted by molar-refractivity contribution is 6.30. The number of nitrogens with zero attached hydrogens (tertiary/aromatic N) is 1. The zero-order chi connectivity index (χ0) is 24.0. The van der Waals surface area contributed by atoms with Crippen LogP contribution in [-0.2, 0) is 29.0 Å². The Morgan fingerprint density at radius 1 is 1.21 bits per heavy atom. The number of aliphatic carboxylic acids is 2. The van der Waals surface area contributed by atoms with Crippen LogP contribution in [0.15, 0.2) is 36.4 Å². The van der Waals surface area contributed by atoms with Crippen LogP contribution in [-0.4, -0.2) is 48.4 Å². The molecule has 0 aromatic heterocycles. The average Bonchev–Trinajstić information content (AvgIpc) is 3.02. The van der Waals surface area contributed by atoms with Gasteiger partial charge in [0, 0.05) is 24.3 Å². The molecule has 0 aliphatic carbocycles. The minimum absolute atomic E-state index is 0.177. The third-order valence-corrected chi connectivity index (χ3v) is 5.85. The molecular weight excluding hydrogens is 451 g/mol. The Balaban J connectivity index is 0.000000331. The lowest BCUT2D eigenvalue weighted by atomic mass is 9.94. The number of hydrogen-bond acceptors (Lipinski definition) is 5. The fraction of sp³-hybridized carbons (Fsp3) is 0.333. The highest BCUT2D eigenvalue weighted by atomic mass is 35.5. The quantitative estimate of drug-likeness (QED) is 0.580. The molecule has 33 heavy (non-hydrogen) atoms. The average molecular weight is 477 g/mol. The smallest absolute Gasteiger partial charge is 0.328 e. The molecule has 2 aromatic carbocycles. The van der Waals surface area contributed by atoms with Crippen molar-refractivity contribution in [2.75, 3.05) is 31.1 Å². The highest BCUT2D eigenvalue weighted by Gasteiger charge is 2.25. The van der Waals surface area contributed by atoms with Crippen LogP contribution in [0.1, 0.15) is 22.3 Å². The van der Waals surface area contributed by atoms with Gasteiger partial charge < -0.3 is 25.2 Å². The van der Waals surface area contributed by atoms with Gasteiger partial charge in [0.05, 0.1) is 17.3 Å². The summed E-state index contributed by atoms with van der Waals surface area (Å²) in [5, 5.41) is 19.3. The first-order chi connectivity index (χ1) is 15.8. The van der Waals surface area contributed by atoms with E-state index in [0.717, 1.165) is 43.9 Å². The maximum Gasteiger partial charge on any atom is 0.328 e. The predicted molar refractivity (Wildman–Crippen MR) is 124 cm³/mol. The first-order valence-corrected chi connectivity index (χ1v) is 11.0. The van der Waals surface area contributed by atoms with Crippen molar-refractivity contribution in [3.05, 3.63) is 69.5 Å². The number of hydrogen-bond donors (Lipinski definition) is 3. The molecule has 3 N–H and O–H groups in total. The fourth-order valence-electron chi connectivity index (χ4n) is 4.07. The second-order valence-electron chi connectivity index (χ2n) is 7.73. The minimum atomic E-state index is -1.26. The molecule has 0 spiro atoms. The Morgan fingerprint density at radius 2 is 1.91 bits per heavy atom. The Morgan fingerprint density at radius 3 is 2.61 bits per heavy atom. The van der Waals surface area contributed by atoms with Crippen molar-refractivity contribution in [3.8, 4) is 5.75 Å². The van der Waals surface area contributed by atoms with E-state index in [4.69, 9.17) is 26.6 Å². The fourth-order valence-corrected chi connectivity index (χ4v) is 4.27. The van der Waals surface area contributed by atoms with E-state index < -0.39 is 11.9 Å². The molecule has 2 aliphatic heterocycles. The summed E-state index contributed by atoms with van der Waals surface area (Å²) < 4.78 is 20.3. The van der Waals surface area contributed by atoms with E-state index in [1.54, 1.807) is 18.2 Å². The van der Waals surface area contributed by atoms with Gasteiger partial charge in [-0.15, -0.1) is 0 Å². The van der Waals surface area contributed by atoms with E-state index in [9.17, 15) is 14.0 Å². The summed E-state index contributed by atoms with van der Waals surface area (Å²) in [7, 11) is 0.